The standard InChI is InChI=1S/C17H32N2O/c1-6-8-17(9-10-17)11-19-15(12(3)4)18-14(16(19)20)13(5)7-2/h12-15,18H,6-11H2,1-5H3. The van der Waals surface area contributed by atoms with Gasteiger partial charge in [0.05, 0.1) is 12.2 Å². The van der Waals surface area contributed by atoms with Crippen LogP contribution in [0.2, 0.25) is 0 Å². The van der Waals surface area contributed by atoms with Gasteiger partial charge in [0.1, 0.15) is 0 Å². The maximum atomic E-state index is 12.8. The Morgan fingerprint density at radius 2 is 1.95 bits per heavy atom. The highest BCUT2D eigenvalue weighted by Crippen LogP contribution is 2.51. The maximum Gasteiger partial charge on any atom is 0.241 e. The maximum absolute atomic E-state index is 12.8. The summed E-state index contributed by atoms with van der Waals surface area (Å²) in [5, 5.41) is 3.61. The second-order valence-corrected chi connectivity index (χ2v) is 7.43. The van der Waals surface area contributed by atoms with Gasteiger partial charge in [0, 0.05) is 6.54 Å². The molecule has 1 aliphatic carbocycles. The monoisotopic (exact) mass is 280 g/mol. The third-order valence-electron chi connectivity index (χ3n) is 5.32. The van der Waals surface area contributed by atoms with Gasteiger partial charge in [0.25, 0.3) is 0 Å². The Bertz CT molecular complexity index is 349. The molecule has 20 heavy (non-hydrogen) atoms. The van der Waals surface area contributed by atoms with Crippen molar-refractivity contribution in [1.82, 2.24) is 10.2 Å². The number of amides is 1. The second kappa shape index (κ2) is 6.05. The SMILES string of the molecule is CCCC1(CN2C(=O)C(C(C)CC)NC2C(C)C)CC1. The number of nitrogens with one attached hydrogen (secondary N) is 1. The van der Waals surface area contributed by atoms with Crippen molar-refractivity contribution in [1.29, 1.82) is 0 Å². The largest absolute Gasteiger partial charge is 0.325 e. The molecule has 2 rings (SSSR count). The molecule has 2 aliphatic rings. The van der Waals surface area contributed by atoms with Gasteiger partial charge >= 0.3 is 0 Å². The summed E-state index contributed by atoms with van der Waals surface area (Å²) in [5.41, 5.74) is 0.448. The average Bonchev–Trinajstić information content (AvgIpc) is 3.08. The van der Waals surface area contributed by atoms with Gasteiger partial charge in [-0.15, -0.1) is 0 Å². The summed E-state index contributed by atoms with van der Waals surface area (Å²) in [6.45, 7) is 12.0. The van der Waals surface area contributed by atoms with E-state index < -0.39 is 0 Å². The lowest BCUT2D eigenvalue weighted by Crippen LogP contribution is -2.44. The Morgan fingerprint density at radius 1 is 1.30 bits per heavy atom. The molecule has 3 atom stereocenters. The summed E-state index contributed by atoms with van der Waals surface area (Å²) < 4.78 is 0. The van der Waals surface area contributed by atoms with Gasteiger partial charge in [-0.3, -0.25) is 10.1 Å². The average molecular weight is 280 g/mol. The molecular weight excluding hydrogens is 248 g/mol. The molecule has 116 valence electrons. The molecule has 1 heterocycles. The van der Waals surface area contributed by atoms with Crippen molar-refractivity contribution < 1.29 is 4.79 Å². The first-order chi connectivity index (χ1) is 9.44. The zero-order chi connectivity index (χ0) is 14.9. The van der Waals surface area contributed by atoms with E-state index in [-0.39, 0.29) is 12.2 Å². The van der Waals surface area contributed by atoms with Gasteiger partial charge in [-0.25, -0.2) is 0 Å². The van der Waals surface area contributed by atoms with Gasteiger partial charge in [-0.1, -0.05) is 47.5 Å². The highest BCUT2D eigenvalue weighted by molar-refractivity contribution is 5.84. The van der Waals surface area contributed by atoms with Crippen molar-refractivity contribution in [2.75, 3.05) is 6.54 Å². The number of hydrogen-bond acceptors (Lipinski definition) is 2. The van der Waals surface area contributed by atoms with E-state index in [1.165, 1.54) is 25.7 Å². The van der Waals surface area contributed by atoms with Crippen LogP contribution in [0.5, 0.6) is 0 Å². The van der Waals surface area contributed by atoms with Crippen molar-refractivity contribution >= 4 is 5.91 Å². The van der Waals surface area contributed by atoms with Gasteiger partial charge in [-0.2, -0.15) is 0 Å². The van der Waals surface area contributed by atoms with Crippen LogP contribution in [0.15, 0.2) is 0 Å². The van der Waals surface area contributed by atoms with Crippen LogP contribution < -0.4 is 5.32 Å². The fourth-order valence-electron chi connectivity index (χ4n) is 3.59. The molecule has 0 aromatic rings. The van der Waals surface area contributed by atoms with Crippen LogP contribution >= 0.6 is 0 Å². The van der Waals surface area contributed by atoms with E-state index in [9.17, 15) is 4.79 Å². The third kappa shape index (κ3) is 3.03. The van der Waals surface area contributed by atoms with Crippen LogP contribution in [0.1, 0.15) is 66.7 Å². The Labute approximate surface area is 124 Å². The highest BCUT2D eigenvalue weighted by Gasteiger charge is 2.49. The molecular formula is C17H32N2O. The molecule has 0 aromatic carbocycles. The van der Waals surface area contributed by atoms with Gasteiger partial charge in [0.2, 0.25) is 5.91 Å². The fraction of sp³-hybridized carbons (Fsp3) is 0.941. The molecule has 1 N–H and O–H groups in total. The van der Waals surface area contributed by atoms with Gasteiger partial charge in [-0.05, 0) is 36.5 Å². The number of rotatable bonds is 7. The lowest BCUT2D eigenvalue weighted by atomic mass is 9.97. The minimum absolute atomic E-state index is 0.0322. The van der Waals surface area contributed by atoms with E-state index in [1.54, 1.807) is 0 Å². The predicted octanol–water partition coefficient (Wildman–Crippen LogP) is 3.40. The lowest BCUT2D eigenvalue weighted by Gasteiger charge is -2.31. The first kappa shape index (κ1) is 15.8. The summed E-state index contributed by atoms with van der Waals surface area (Å²) >= 11 is 0. The normalized spacial score (nSPS) is 30.1. The molecule has 1 amide bonds. The fourth-order valence-corrected chi connectivity index (χ4v) is 3.59. The molecule has 0 aromatic heterocycles. The zero-order valence-corrected chi connectivity index (χ0v) is 13.9. The van der Waals surface area contributed by atoms with Crippen molar-refractivity contribution in [3.8, 4) is 0 Å². The van der Waals surface area contributed by atoms with Crippen LogP contribution in [0, 0.1) is 17.3 Å². The van der Waals surface area contributed by atoms with Crippen molar-refractivity contribution in [2.24, 2.45) is 17.3 Å². The summed E-state index contributed by atoms with van der Waals surface area (Å²) in [6, 6.07) is 0.0322. The van der Waals surface area contributed by atoms with Crippen LogP contribution in [-0.2, 0) is 4.79 Å². The predicted molar refractivity (Wildman–Crippen MR) is 83.3 cm³/mol. The van der Waals surface area contributed by atoms with Gasteiger partial charge < -0.3 is 4.90 Å². The summed E-state index contributed by atoms with van der Waals surface area (Å²) in [4.78, 5) is 15.0. The third-order valence-corrected chi connectivity index (χ3v) is 5.32. The number of hydrogen-bond donors (Lipinski definition) is 1. The lowest BCUT2D eigenvalue weighted by molar-refractivity contribution is -0.132. The van der Waals surface area contributed by atoms with Crippen molar-refractivity contribution in [3.05, 3.63) is 0 Å². The minimum atomic E-state index is 0.0322. The molecule has 0 bridgehead atoms. The Morgan fingerprint density at radius 3 is 2.40 bits per heavy atom. The van der Waals surface area contributed by atoms with E-state index >= 15 is 0 Å². The van der Waals surface area contributed by atoms with Crippen LogP contribution in [0.4, 0.5) is 0 Å². The molecule has 1 saturated carbocycles. The molecule has 0 spiro atoms. The number of nitrogens with zero attached hydrogens (tertiary/aromatic N) is 1. The summed E-state index contributed by atoms with van der Waals surface area (Å²) in [6.07, 6.45) is 6.41. The smallest absolute Gasteiger partial charge is 0.241 e. The topological polar surface area (TPSA) is 32.3 Å². The molecule has 3 heteroatoms. The molecule has 0 radical (unpaired) electrons. The summed E-state index contributed by atoms with van der Waals surface area (Å²) in [7, 11) is 0. The van der Waals surface area contributed by atoms with E-state index in [2.05, 4.69) is 44.8 Å². The summed E-state index contributed by atoms with van der Waals surface area (Å²) in [5.74, 6) is 1.25. The van der Waals surface area contributed by atoms with E-state index in [0.717, 1.165) is 13.0 Å². The molecule has 1 saturated heterocycles. The molecule has 1 aliphatic heterocycles. The molecule has 2 fully saturated rings. The van der Waals surface area contributed by atoms with Crippen LogP contribution in [0.25, 0.3) is 0 Å². The van der Waals surface area contributed by atoms with E-state index in [4.69, 9.17) is 0 Å². The van der Waals surface area contributed by atoms with E-state index in [1.807, 2.05) is 0 Å². The minimum Gasteiger partial charge on any atom is -0.325 e. The van der Waals surface area contributed by atoms with Crippen molar-refractivity contribution in [2.45, 2.75) is 78.9 Å². The van der Waals surface area contributed by atoms with E-state index in [0.29, 0.717) is 23.2 Å². The quantitative estimate of drug-likeness (QED) is 0.775. The molecule has 3 unspecified atom stereocenters. The first-order valence-electron chi connectivity index (χ1n) is 8.50. The Hall–Kier alpha value is -0.570. The van der Waals surface area contributed by atoms with Crippen LogP contribution in [0.3, 0.4) is 0 Å². The Balaban J connectivity index is 2.10. The molecule has 3 nitrogen and oxygen atoms in total. The van der Waals surface area contributed by atoms with Gasteiger partial charge in [0.15, 0.2) is 0 Å². The first-order valence-corrected chi connectivity index (χ1v) is 8.50. The van der Waals surface area contributed by atoms with Crippen molar-refractivity contribution in [3.63, 3.8) is 0 Å². The highest BCUT2D eigenvalue weighted by atomic mass is 16.2. The Kier molecular flexibility index (Phi) is 4.78. The zero-order valence-electron chi connectivity index (χ0n) is 13.9. The second-order valence-electron chi connectivity index (χ2n) is 7.43. The number of carbonyl (C=O) groups excluding carboxylic acids is 1. The van der Waals surface area contributed by atoms with Crippen LogP contribution in [-0.4, -0.2) is 29.6 Å². The number of carbonyl (C=O) groups is 1.